The highest BCUT2D eigenvalue weighted by Crippen LogP contribution is 2.37. The molecule has 166 valence electrons. The Labute approximate surface area is 185 Å². The number of rotatable bonds is 4. The first-order valence-electron chi connectivity index (χ1n) is 10.8. The van der Waals surface area contributed by atoms with E-state index in [1.54, 1.807) is 6.92 Å². The SMILES string of the molecule is CCc1cc(-c2cc3c(cc2C)CCC(F)(F)C3)ccc1N=C(C)c1c(F)cccc1F. The molecule has 1 nitrogen and oxygen atoms in total. The number of benzene rings is 3. The van der Waals surface area contributed by atoms with E-state index < -0.39 is 17.6 Å². The Kier molecular flexibility index (Phi) is 5.93. The average Bonchev–Trinajstić information content (AvgIpc) is 2.73. The molecule has 4 rings (SSSR count). The third kappa shape index (κ3) is 4.34. The van der Waals surface area contributed by atoms with Crippen molar-refractivity contribution in [2.45, 2.75) is 52.4 Å². The van der Waals surface area contributed by atoms with Gasteiger partial charge in [-0.25, -0.2) is 17.6 Å². The summed E-state index contributed by atoms with van der Waals surface area (Å²) < 4.78 is 56.1. The molecule has 1 aliphatic rings. The van der Waals surface area contributed by atoms with Crippen LogP contribution in [0.3, 0.4) is 0 Å². The second-order valence-electron chi connectivity index (χ2n) is 8.46. The van der Waals surface area contributed by atoms with Gasteiger partial charge in [-0.2, -0.15) is 0 Å². The summed E-state index contributed by atoms with van der Waals surface area (Å²) >= 11 is 0. The fourth-order valence-electron chi connectivity index (χ4n) is 4.43. The van der Waals surface area contributed by atoms with Crippen molar-refractivity contribution in [2.24, 2.45) is 4.99 Å². The molecule has 0 aliphatic heterocycles. The van der Waals surface area contributed by atoms with Crippen molar-refractivity contribution < 1.29 is 17.6 Å². The maximum Gasteiger partial charge on any atom is 0.252 e. The van der Waals surface area contributed by atoms with Crippen LogP contribution in [0.2, 0.25) is 0 Å². The summed E-state index contributed by atoms with van der Waals surface area (Å²) in [6.07, 6.45) is 0.727. The van der Waals surface area contributed by atoms with Crippen LogP contribution in [0.4, 0.5) is 23.2 Å². The maximum absolute atomic E-state index is 14.1. The van der Waals surface area contributed by atoms with Crippen LogP contribution in [0.1, 0.15) is 48.1 Å². The minimum Gasteiger partial charge on any atom is -0.253 e. The van der Waals surface area contributed by atoms with Gasteiger partial charge in [0, 0.05) is 12.8 Å². The molecule has 0 saturated heterocycles. The minimum absolute atomic E-state index is 0.104. The topological polar surface area (TPSA) is 12.4 Å². The van der Waals surface area contributed by atoms with Crippen LogP contribution in [0.5, 0.6) is 0 Å². The zero-order valence-electron chi connectivity index (χ0n) is 18.4. The molecule has 0 unspecified atom stereocenters. The number of halogens is 4. The predicted molar refractivity (Wildman–Crippen MR) is 121 cm³/mol. The maximum atomic E-state index is 14.1. The van der Waals surface area contributed by atoms with E-state index in [0.717, 1.165) is 27.8 Å². The van der Waals surface area contributed by atoms with Crippen molar-refractivity contribution in [3.63, 3.8) is 0 Å². The van der Waals surface area contributed by atoms with Crippen LogP contribution < -0.4 is 0 Å². The van der Waals surface area contributed by atoms with Crippen molar-refractivity contribution in [3.8, 4) is 11.1 Å². The minimum atomic E-state index is -2.66. The summed E-state index contributed by atoms with van der Waals surface area (Å²) in [6, 6.07) is 13.3. The number of aliphatic imine (C=N–C) groups is 1. The quantitative estimate of drug-likeness (QED) is 0.291. The first-order valence-corrected chi connectivity index (χ1v) is 10.8. The molecular weight excluding hydrogens is 414 g/mol. The Morgan fingerprint density at radius 1 is 1.00 bits per heavy atom. The highest BCUT2D eigenvalue weighted by molar-refractivity contribution is 6.01. The molecule has 0 N–H and O–H groups in total. The van der Waals surface area contributed by atoms with E-state index >= 15 is 0 Å². The van der Waals surface area contributed by atoms with Gasteiger partial charge in [-0.3, -0.25) is 4.99 Å². The van der Waals surface area contributed by atoms with E-state index in [-0.39, 0.29) is 24.1 Å². The molecule has 3 aromatic carbocycles. The highest BCUT2D eigenvalue weighted by atomic mass is 19.3. The van der Waals surface area contributed by atoms with Crippen molar-refractivity contribution >= 4 is 11.4 Å². The van der Waals surface area contributed by atoms with Crippen LogP contribution in [0, 0.1) is 18.6 Å². The van der Waals surface area contributed by atoms with Crippen LogP contribution in [0.15, 0.2) is 53.5 Å². The van der Waals surface area contributed by atoms with Gasteiger partial charge in [0.05, 0.1) is 17.0 Å². The summed E-state index contributed by atoms with van der Waals surface area (Å²) in [6.45, 7) is 5.56. The summed E-state index contributed by atoms with van der Waals surface area (Å²) in [5.74, 6) is -3.96. The first-order chi connectivity index (χ1) is 15.2. The number of alkyl halides is 2. The molecule has 0 fully saturated rings. The molecule has 0 bridgehead atoms. The van der Waals surface area contributed by atoms with E-state index in [0.29, 0.717) is 24.1 Å². The van der Waals surface area contributed by atoms with Gasteiger partial charge in [0.1, 0.15) is 11.6 Å². The van der Waals surface area contributed by atoms with E-state index in [2.05, 4.69) is 4.99 Å². The van der Waals surface area contributed by atoms with Crippen LogP contribution in [-0.2, 0) is 19.3 Å². The molecule has 1 aliphatic carbocycles. The molecule has 0 atom stereocenters. The van der Waals surface area contributed by atoms with Crippen molar-refractivity contribution in [2.75, 3.05) is 0 Å². The van der Waals surface area contributed by atoms with Gasteiger partial charge in [-0.05, 0) is 84.3 Å². The average molecular weight is 439 g/mol. The Morgan fingerprint density at radius 3 is 2.41 bits per heavy atom. The first kappa shape index (κ1) is 22.3. The fourth-order valence-corrected chi connectivity index (χ4v) is 4.43. The van der Waals surface area contributed by atoms with E-state index in [1.165, 1.54) is 18.2 Å². The fraction of sp³-hybridized carbons (Fsp3) is 0.296. The van der Waals surface area contributed by atoms with E-state index in [1.807, 2.05) is 44.2 Å². The van der Waals surface area contributed by atoms with Crippen LogP contribution in [0.25, 0.3) is 11.1 Å². The predicted octanol–water partition coefficient (Wildman–Crippen LogP) is 7.77. The zero-order valence-corrected chi connectivity index (χ0v) is 18.4. The molecule has 0 saturated carbocycles. The van der Waals surface area contributed by atoms with Gasteiger partial charge in [-0.1, -0.05) is 31.2 Å². The lowest BCUT2D eigenvalue weighted by Gasteiger charge is -2.26. The number of nitrogens with zero attached hydrogens (tertiary/aromatic N) is 1. The smallest absolute Gasteiger partial charge is 0.252 e. The lowest BCUT2D eigenvalue weighted by atomic mass is 9.84. The van der Waals surface area contributed by atoms with Crippen molar-refractivity contribution in [3.05, 3.63) is 88.0 Å². The second kappa shape index (κ2) is 8.53. The molecule has 0 radical (unpaired) electrons. The lowest BCUT2D eigenvalue weighted by molar-refractivity contribution is -0.0122. The van der Waals surface area contributed by atoms with Gasteiger partial charge in [0.2, 0.25) is 0 Å². The number of hydrogen-bond acceptors (Lipinski definition) is 1. The van der Waals surface area contributed by atoms with E-state index in [9.17, 15) is 17.6 Å². The number of aryl methyl sites for hydroxylation is 3. The number of fused-ring (bicyclic) bond motifs is 1. The summed E-state index contributed by atoms with van der Waals surface area (Å²) in [7, 11) is 0. The van der Waals surface area contributed by atoms with Crippen LogP contribution in [-0.4, -0.2) is 11.6 Å². The Balaban J connectivity index is 1.74. The molecule has 0 heterocycles. The lowest BCUT2D eigenvalue weighted by Crippen LogP contribution is -2.26. The zero-order chi connectivity index (χ0) is 23.0. The highest BCUT2D eigenvalue weighted by Gasteiger charge is 2.34. The number of hydrogen-bond donors (Lipinski definition) is 0. The van der Waals surface area contributed by atoms with Gasteiger partial charge >= 0.3 is 0 Å². The second-order valence-corrected chi connectivity index (χ2v) is 8.46. The molecule has 0 aromatic heterocycles. The molecule has 0 spiro atoms. The molecule has 0 amide bonds. The standard InChI is InChI=1S/C27H25F4N/c1-4-18-13-20(22-14-21-15-27(30,31)11-10-19(21)12-16(22)2)8-9-25(18)32-17(3)26-23(28)6-5-7-24(26)29/h5-9,12-14H,4,10-11,15H2,1-3H3. The van der Waals surface area contributed by atoms with Crippen LogP contribution >= 0.6 is 0 Å². The summed E-state index contributed by atoms with van der Waals surface area (Å²) in [4.78, 5) is 4.51. The van der Waals surface area contributed by atoms with E-state index in [4.69, 9.17) is 0 Å². The van der Waals surface area contributed by atoms with Crippen molar-refractivity contribution in [1.29, 1.82) is 0 Å². The third-order valence-corrected chi connectivity index (χ3v) is 6.14. The Bertz CT molecular complexity index is 1190. The van der Waals surface area contributed by atoms with Gasteiger partial charge in [0.15, 0.2) is 0 Å². The Morgan fingerprint density at radius 2 is 1.72 bits per heavy atom. The van der Waals surface area contributed by atoms with Gasteiger partial charge in [-0.15, -0.1) is 0 Å². The third-order valence-electron chi connectivity index (χ3n) is 6.14. The molecule has 5 heteroatoms. The molecule has 3 aromatic rings. The Hall–Kier alpha value is -2.95. The van der Waals surface area contributed by atoms with Crippen molar-refractivity contribution in [1.82, 2.24) is 0 Å². The normalized spacial score (nSPS) is 15.5. The largest absolute Gasteiger partial charge is 0.253 e. The molecule has 32 heavy (non-hydrogen) atoms. The van der Waals surface area contributed by atoms with Gasteiger partial charge in [0.25, 0.3) is 5.92 Å². The summed E-state index contributed by atoms with van der Waals surface area (Å²) in [5.41, 5.74) is 6.26. The summed E-state index contributed by atoms with van der Waals surface area (Å²) in [5, 5.41) is 0. The monoisotopic (exact) mass is 439 g/mol. The van der Waals surface area contributed by atoms with Gasteiger partial charge < -0.3 is 0 Å². The molecular formula is C27H25F4N.